The first-order valence-corrected chi connectivity index (χ1v) is 15.1. The third-order valence-electron chi connectivity index (χ3n) is 7.21. The highest BCUT2D eigenvalue weighted by Crippen LogP contribution is 2.31. The van der Waals surface area contributed by atoms with Gasteiger partial charge < -0.3 is 10.1 Å². The summed E-state index contributed by atoms with van der Waals surface area (Å²) in [4.78, 5) is 43.7. The van der Waals surface area contributed by atoms with Crippen molar-refractivity contribution in [3.8, 4) is 5.75 Å². The molecule has 11 heteroatoms. The van der Waals surface area contributed by atoms with Gasteiger partial charge in [0.25, 0.3) is 17.2 Å². The number of thiazole rings is 1. The minimum atomic E-state index is -0.746. The average Bonchev–Trinajstić information content (AvgIpc) is 3.34. The predicted molar refractivity (Wildman–Crippen MR) is 174 cm³/mol. The van der Waals surface area contributed by atoms with E-state index in [4.69, 9.17) is 21.3 Å². The number of nitrogens with zero attached hydrogens (tertiary/aromatic N) is 3. The number of benzene rings is 4. The molecule has 0 radical (unpaired) electrons. The third kappa shape index (κ3) is 6.33. The Morgan fingerprint density at radius 3 is 2.53 bits per heavy atom. The monoisotopic (exact) mass is 636 g/mol. The Hall–Kier alpha value is -5.32. The molecular formula is C34H25ClN4O5S. The Morgan fingerprint density at radius 2 is 1.78 bits per heavy atom. The van der Waals surface area contributed by atoms with E-state index in [2.05, 4.69) is 5.32 Å². The lowest BCUT2D eigenvalue weighted by molar-refractivity contribution is -0.384. The number of para-hydroxylation sites is 2. The maximum atomic E-state index is 14.1. The van der Waals surface area contributed by atoms with Gasteiger partial charge in [-0.05, 0) is 54.5 Å². The number of nitrogens with one attached hydrogen (secondary N) is 1. The number of nitro groups is 1. The Kier molecular flexibility index (Phi) is 8.41. The van der Waals surface area contributed by atoms with Crippen LogP contribution in [0.3, 0.4) is 0 Å². The first kappa shape index (κ1) is 29.7. The van der Waals surface area contributed by atoms with Gasteiger partial charge in [0.2, 0.25) is 0 Å². The number of hydrogen-bond donors (Lipinski definition) is 1. The molecule has 0 saturated carbocycles. The maximum Gasteiger partial charge on any atom is 0.271 e. The molecule has 0 fully saturated rings. The van der Waals surface area contributed by atoms with Crippen molar-refractivity contribution in [1.82, 2.24) is 4.57 Å². The summed E-state index contributed by atoms with van der Waals surface area (Å²) in [5.41, 5.74) is 3.12. The molecular weight excluding hydrogens is 612 g/mol. The summed E-state index contributed by atoms with van der Waals surface area (Å²) in [6.07, 6.45) is 1.73. The van der Waals surface area contributed by atoms with Crippen LogP contribution >= 0.6 is 22.9 Å². The first-order valence-electron chi connectivity index (χ1n) is 13.9. The molecule has 1 aliphatic rings. The standard InChI is InChI=1S/C34H25ClN4O5S/c1-21-30(32(40)37-26-10-3-2-4-11-26)31(23-14-16-25(35)17-15-23)38-33(41)29(45-34(38)36-21)19-24-9-5-6-13-28(24)44-20-22-8-7-12-27(18-22)39(42)43/h2-19,31H,20H2,1H3,(H,37,40)/t31-/m0/s1. The van der Waals surface area contributed by atoms with Crippen LogP contribution in [0.1, 0.15) is 29.7 Å². The van der Waals surface area contributed by atoms with E-state index in [-0.39, 0.29) is 23.8 Å². The van der Waals surface area contributed by atoms with Crippen LogP contribution in [0.5, 0.6) is 5.75 Å². The Labute approximate surface area is 266 Å². The second-order valence-electron chi connectivity index (χ2n) is 10.2. The fourth-order valence-electron chi connectivity index (χ4n) is 5.09. The van der Waals surface area contributed by atoms with Gasteiger partial charge in [0, 0.05) is 28.4 Å². The molecule has 1 amide bonds. The lowest BCUT2D eigenvalue weighted by Crippen LogP contribution is -2.40. The number of ether oxygens (including phenoxy) is 1. The van der Waals surface area contributed by atoms with Crippen LogP contribution in [0, 0.1) is 10.1 Å². The SMILES string of the molecule is CC1=C(C(=O)Nc2ccccc2)[C@H](c2ccc(Cl)cc2)n2c(sc(=Cc3ccccc3OCc3cccc([N+](=O)[O-])c3)c2=O)=N1. The molecule has 0 bridgehead atoms. The molecule has 1 aromatic heterocycles. The zero-order chi connectivity index (χ0) is 31.5. The second-order valence-corrected chi connectivity index (χ2v) is 11.7. The van der Waals surface area contributed by atoms with E-state index in [0.29, 0.717) is 53.8 Å². The largest absolute Gasteiger partial charge is 0.488 e. The van der Waals surface area contributed by atoms with E-state index in [9.17, 15) is 19.7 Å². The number of halogens is 1. The van der Waals surface area contributed by atoms with Gasteiger partial charge in [0.15, 0.2) is 4.80 Å². The number of aromatic nitrogens is 1. The normalized spacial score (nSPS) is 14.4. The smallest absolute Gasteiger partial charge is 0.271 e. The quantitative estimate of drug-likeness (QED) is 0.165. The van der Waals surface area contributed by atoms with Gasteiger partial charge in [-0.3, -0.25) is 24.3 Å². The van der Waals surface area contributed by atoms with Crippen LogP contribution in [0.4, 0.5) is 11.4 Å². The number of rotatable bonds is 8. The number of non-ortho nitro benzene ring substituents is 1. The molecule has 0 unspecified atom stereocenters. The van der Waals surface area contributed by atoms with Crippen molar-refractivity contribution < 1.29 is 14.5 Å². The van der Waals surface area contributed by atoms with Crippen molar-refractivity contribution in [2.45, 2.75) is 19.6 Å². The summed E-state index contributed by atoms with van der Waals surface area (Å²) >= 11 is 7.40. The molecule has 0 spiro atoms. The Balaban J connectivity index is 1.40. The lowest BCUT2D eigenvalue weighted by Gasteiger charge is -2.25. The van der Waals surface area contributed by atoms with E-state index in [1.165, 1.54) is 23.5 Å². The molecule has 6 rings (SSSR count). The summed E-state index contributed by atoms with van der Waals surface area (Å²) in [6, 6.07) is 28.9. The highest BCUT2D eigenvalue weighted by molar-refractivity contribution is 7.07. The van der Waals surface area contributed by atoms with Crippen molar-refractivity contribution in [1.29, 1.82) is 0 Å². The molecule has 5 aromatic rings. The van der Waals surface area contributed by atoms with Gasteiger partial charge >= 0.3 is 0 Å². The molecule has 0 aliphatic carbocycles. The molecule has 1 N–H and O–H groups in total. The Morgan fingerprint density at radius 1 is 1.04 bits per heavy atom. The van der Waals surface area contributed by atoms with Crippen molar-refractivity contribution in [2.24, 2.45) is 4.99 Å². The molecule has 45 heavy (non-hydrogen) atoms. The van der Waals surface area contributed by atoms with Crippen LogP contribution in [0.2, 0.25) is 5.02 Å². The van der Waals surface area contributed by atoms with Gasteiger partial charge in [-0.25, -0.2) is 4.99 Å². The first-order chi connectivity index (χ1) is 21.8. The number of nitro benzene ring substituents is 1. The summed E-state index contributed by atoms with van der Waals surface area (Å²) in [5.74, 6) is 0.139. The summed E-state index contributed by atoms with van der Waals surface area (Å²) in [5, 5.41) is 14.6. The summed E-state index contributed by atoms with van der Waals surface area (Å²) in [7, 11) is 0. The van der Waals surface area contributed by atoms with Crippen LogP contribution in [0.25, 0.3) is 6.08 Å². The van der Waals surface area contributed by atoms with Crippen LogP contribution < -0.4 is 24.9 Å². The zero-order valence-electron chi connectivity index (χ0n) is 23.8. The Bertz CT molecular complexity index is 2140. The summed E-state index contributed by atoms with van der Waals surface area (Å²) < 4.78 is 7.98. The number of carbonyl (C=O) groups is 1. The molecule has 224 valence electrons. The number of hydrogen-bond acceptors (Lipinski definition) is 7. The molecule has 4 aromatic carbocycles. The predicted octanol–water partition coefficient (Wildman–Crippen LogP) is 6.01. The molecule has 0 saturated heterocycles. The van der Waals surface area contributed by atoms with Gasteiger partial charge in [-0.15, -0.1) is 0 Å². The van der Waals surface area contributed by atoms with Crippen molar-refractivity contribution in [2.75, 3.05) is 5.32 Å². The number of allylic oxidation sites excluding steroid dienone is 1. The molecule has 1 atom stereocenters. The fraction of sp³-hybridized carbons (Fsp3) is 0.0882. The molecule has 9 nitrogen and oxygen atoms in total. The number of fused-ring (bicyclic) bond motifs is 1. The van der Waals surface area contributed by atoms with E-state index in [0.717, 1.165) is 0 Å². The lowest BCUT2D eigenvalue weighted by atomic mass is 9.95. The van der Waals surface area contributed by atoms with Crippen LogP contribution in [0.15, 0.2) is 124 Å². The highest BCUT2D eigenvalue weighted by atomic mass is 35.5. The molecule has 2 heterocycles. The highest BCUT2D eigenvalue weighted by Gasteiger charge is 2.32. The summed E-state index contributed by atoms with van der Waals surface area (Å²) in [6.45, 7) is 1.86. The average molecular weight is 637 g/mol. The van der Waals surface area contributed by atoms with E-state index in [1.807, 2.05) is 36.4 Å². The minimum Gasteiger partial charge on any atom is -0.488 e. The fourth-order valence-corrected chi connectivity index (χ4v) is 6.25. The van der Waals surface area contributed by atoms with Gasteiger partial charge in [-0.1, -0.05) is 83.6 Å². The van der Waals surface area contributed by atoms with E-state index >= 15 is 0 Å². The maximum absolute atomic E-state index is 14.1. The topological polar surface area (TPSA) is 116 Å². The van der Waals surface area contributed by atoms with E-state index in [1.54, 1.807) is 72.2 Å². The number of amides is 1. The van der Waals surface area contributed by atoms with Crippen LogP contribution in [-0.4, -0.2) is 15.4 Å². The van der Waals surface area contributed by atoms with Crippen molar-refractivity contribution in [3.05, 3.63) is 166 Å². The van der Waals surface area contributed by atoms with Gasteiger partial charge in [-0.2, -0.15) is 0 Å². The number of carbonyl (C=O) groups excluding carboxylic acids is 1. The van der Waals surface area contributed by atoms with Gasteiger partial charge in [0.05, 0.1) is 26.8 Å². The molecule has 1 aliphatic heterocycles. The van der Waals surface area contributed by atoms with Crippen molar-refractivity contribution in [3.63, 3.8) is 0 Å². The van der Waals surface area contributed by atoms with Crippen molar-refractivity contribution >= 4 is 46.3 Å². The zero-order valence-corrected chi connectivity index (χ0v) is 25.4. The second kappa shape index (κ2) is 12.7. The minimum absolute atomic E-state index is 0.0205. The number of anilines is 1. The van der Waals surface area contributed by atoms with Gasteiger partial charge in [0.1, 0.15) is 12.4 Å². The van der Waals surface area contributed by atoms with E-state index < -0.39 is 11.0 Å². The third-order valence-corrected chi connectivity index (χ3v) is 8.44. The van der Waals surface area contributed by atoms with Crippen LogP contribution in [-0.2, 0) is 11.4 Å².